The third kappa shape index (κ3) is 3.50. The van der Waals surface area contributed by atoms with Crippen molar-refractivity contribution in [3.63, 3.8) is 0 Å². The number of nitrogens with zero attached hydrogens (tertiary/aromatic N) is 1. The van der Waals surface area contributed by atoms with Crippen LogP contribution in [0, 0.1) is 11.3 Å². The van der Waals surface area contributed by atoms with Crippen molar-refractivity contribution in [3.05, 3.63) is 59.7 Å². The highest BCUT2D eigenvalue weighted by molar-refractivity contribution is 6.20. The van der Waals surface area contributed by atoms with Gasteiger partial charge in [0.25, 0.3) is 0 Å². The molecule has 24 heavy (non-hydrogen) atoms. The van der Waals surface area contributed by atoms with Crippen molar-refractivity contribution in [3.8, 4) is 17.2 Å². The predicted octanol–water partition coefficient (Wildman–Crippen LogP) is 6.25. The first-order valence-electron chi connectivity index (χ1n) is 8.92. The van der Waals surface area contributed by atoms with Crippen molar-refractivity contribution >= 4 is 11.6 Å². The number of nitriles is 1. The van der Waals surface area contributed by atoms with Crippen LogP contribution < -0.4 is 0 Å². The molecular weight excluding hydrogens is 314 g/mol. The van der Waals surface area contributed by atoms with E-state index in [0.717, 1.165) is 37.7 Å². The van der Waals surface area contributed by atoms with E-state index in [2.05, 4.69) is 61.5 Å². The van der Waals surface area contributed by atoms with E-state index in [1.54, 1.807) is 0 Å². The van der Waals surface area contributed by atoms with Crippen LogP contribution in [0.25, 0.3) is 11.1 Å². The molecule has 1 aliphatic carbocycles. The van der Waals surface area contributed by atoms with Crippen molar-refractivity contribution in [1.29, 1.82) is 5.26 Å². The predicted molar refractivity (Wildman–Crippen MR) is 101 cm³/mol. The number of alkyl halides is 1. The molecule has 1 fully saturated rings. The van der Waals surface area contributed by atoms with E-state index in [9.17, 15) is 5.26 Å². The zero-order chi connectivity index (χ0) is 17.0. The Kier molecular flexibility index (Phi) is 5.27. The molecule has 1 nitrogen and oxygen atoms in total. The van der Waals surface area contributed by atoms with Crippen LogP contribution in [0.1, 0.15) is 50.2 Å². The maximum absolute atomic E-state index is 9.77. The standard InChI is InChI=1S/C22H24ClN/c1-2-4-17-6-8-18(9-7-17)19-10-12-20(13-11-19)22(16-24)14-3-5-21(23)15-22/h6-13,21H,2-5,14-15H2,1H3. The molecule has 2 atom stereocenters. The fraction of sp³-hybridized carbons (Fsp3) is 0.409. The van der Waals surface area contributed by atoms with Crippen molar-refractivity contribution in [2.45, 2.75) is 56.2 Å². The number of aryl methyl sites for hydroxylation is 1. The number of halogens is 1. The highest BCUT2D eigenvalue weighted by Crippen LogP contribution is 2.41. The van der Waals surface area contributed by atoms with Gasteiger partial charge in [0.1, 0.15) is 0 Å². The van der Waals surface area contributed by atoms with Gasteiger partial charge in [0.05, 0.1) is 11.5 Å². The second kappa shape index (κ2) is 7.41. The lowest BCUT2D eigenvalue weighted by molar-refractivity contribution is 0.371. The first kappa shape index (κ1) is 17.1. The highest BCUT2D eigenvalue weighted by Gasteiger charge is 2.37. The molecule has 0 amide bonds. The summed E-state index contributed by atoms with van der Waals surface area (Å²) in [6.45, 7) is 2.20. The van der Waals surface area contributed by atoms with Crippen LogP contribution in [0.4, 0.5) is 0 Å². The maximum Gasteiger partial charge on any atom is 0.0836 e. The Bertz CT molecular complexity index is 711. The smallest absolute Gasteiger partial charge is 0.0836 e. The maximum atomic E-state index is 9.77. The molecule has 0 aliphatic heterocycles. The summed E-state index contributed by atoms with van der Waals surface area (Å²) in [5.41, 5.74) is 4.52. The SMILES string of the molecule is CCCc1ccc(-c2ccc(C3(C#N)CCCC(Cl)C3)cc2)cc1. The van der Waals surface area contributed by atoms with Crippen LogP contribution in [0.5, 0.6) is 0 Å². The van der Waals surface area contributed by atoms with Crippen LogP contribution >= 0.6 is 11.6 Å². The Labute approximate surface area is 150 Å². The molecule has 0 bridgehead atoms. The van der Waals surface area contributed by atoms with Crippen LogP contribution in [0.15, 0.2) is 48.5 Å². The topological polar surface area (TPSA) is 23.8 Å². The van der Waals surface area contributed by atoms with E-state index in [0.29, 0.717) is 0 Å². The van der Waals surface area contributed by atoms with Gasteiger partial charge in [0.15, 0.2) is 0 Å². The van der Waals surface area contributed by atoms with Crippen LogP contribution in [0.3, 0.4) is 0 Å². The first-order valence-corrected chi connectivity index (χ1v) is 9.36. The third-order valence-corrected chi connectivity index (χ3v) is 5.54. The molecule has 2 aromatic carbocycles. The summed E-state index contributed by atoms with van der Waals surface area (Å²) < 4.78 is 0. The van der Waals surface area contributed by atoms with Gasteiger partial charge in [-0.25, -0.2) is 0 Å². The van der Waals surface area contributed by atoms with Gasteiger partial charge < -0.3 is 0 Å². The lowest BCUT2D eigenvalue weighted by Gasteiger charge is -2.33. The largest absolute Gasteiger partial charge is 0.197 e. The average Bonchev–Trinajstić information content (AvgIpc) is 2.63. The lowest BCUT2D eigenvalue weighted by Crippen LogP contribution is -2.31. The van der Waals surface area contributed by atoms with Crippen molar-refractivity contribution in [1.82, 2.24) is 0 Å². The Morgan fingerprint density at radius 3 is 2.25 bits per heavy atom. The Hall–Kier alpha value is -1.78. The molecule has 0 radical (unpaired) electrons. The molecule has 2 aromatic rings. The van der Waals surface area contributed by atoms with Crippen molar-refractivity contribution in [2.75, 3.05) is 0 Å². The second-order valence-electron chi connectivity index (χ2n) is 6.91. The normalized spacial score (nSPS) is 23.6. The van der Waals surface area contributed by atoms with E-state index in [1.807, 2.05) is 0 Å². The van der Waals surface area contributed by atoms with E-state index >= 15 is 0 Å². The molecule has 0 saturated heterocycles. The Morgan fingerprint density at radius 2 is 1.71 bits per heavy atom. The third-order valence-electron chi connectivity index (χ3n) is 5.17. The summed E-state index contributed by atoms with van der Waals surface area (Å²) in [7, 11) is 0. The number of rotatable bonds is 4. The van der Waals surface area contributed by atoms with Gasteiger partial charge in [0, 0.05) is 5.38 Å². The number of benzene rings is 2. The monoisotopic (exact) mass is 337 g/mol. The van der Waals surface area contributed by atoms with Gasteiger partial charge >= 0.3 is 0 Å². The Morgan fingerprint density at radius 1 is 1.08 bits per heavy atom. The molecule has 3 rings (SSSR count). The van der Waals surface area contributed by atoms with E-state index in [4.69, 9.17) is 11.6 Å². The molecule has 1 saturated carbocycles. The summed E-state index contributed by atoms with van der Waals surface area (Å²) >= 11 is 6.35. The van der Waals surface area contributed by atoms with Crippen LogP contribution in [0.2, 0.25) is 0 Å². The van der Waals surface area contributed by atoms with Gasteiger partial charge in [-0.1, -0.05) is 68.3 Å². The first-order chi connectivity index (χ1) is 11.7. The molecule has 0 spiro atoms. The fourth-order valence-electron chi connectivity index (χ4n) is 3.77. The molecule has 2 unspecified atom stereocenters. The molecular formula is C22H24ClN. The highest BCUT2D eigenvalue weighted by atomic mass is 35.5. The van der Waals surface area contributed by atoms with Gasteiger partial charge in [-0.2, -0.15) is 5.26 Å². The van der Waals surface area contributed by atoms with E-state index < -0.39 is 5.41 Å². The quantitative estimate of drug-likeness (QED) is 0.605. The van der Waals surface area contributed by atoms with Crippen molar-refractivity contribution in [2.24, 2.45) is 0 Å². The summed E-state index contributed by atoms with van der Waals surface area (Å²) in [5.74, 6) is 0. The van der Waals surface area contributed by atoms with E-state index in [-0.39, 0.29) is 5.38 Å². The zero-order valence-electron chi connectivity index (χ0n) is 14.3. The van der Waals surface area contributed by atoms with Gasteiger partial charge in [-0.15, -0.1) is 11.6 Å². The minimum atomic E-state index is -0.409. The Balaban J connectivity index is 1.83. The fourth-order valence-corrected chi connectivity index (χ4v) is 4.19. The number of hydrogen-bond acceptors (Lipinski definition) is 1. The average molecular weight is 338 g/mol. The molecule has 0 heterocycles. The number of hydrogen-bond donors (Lipinski definition) is 0. The second-order valence-corrected chi connectivity index (χ2v) is 7.53. The molecule has 0 N–H and O–H groups in total. The minimum absolute atomic E-state index is 0.115. The van der Waals surface area contributed by atoms with Crippen molar-refractivity contribution < 1.29 is 0 Å². The molecule has 0 aromatic heterocycles. The molecule has 1 aliphatic rings. The summed E-state index contributed by atoms with van der Waals surface area (Å²) in [6.07, 6.45) is 6.03. The minimum Gasteiger partial charge on any atom is -0.197 e. The molecule has 2 heteroatoms. The summed E-state index contributed by atoms with van der Waals surface area (Å²) in [5, 5.41) is 9.89. The summed E-state index contributed by atoms with van der Waals surface area (Å²) in [4.78, 5) is 0. The molecule has 124 valence electrons. The lowest BCUT2D eigenvalue weighted by atomic mass is 9.70. The summed E-state index contributed by atoms with van der Waals surface area (Å²) in [6, 6.07) is 19.9. The van der Waals surface area contributed by atoms with Gasteiger partial charge in [-0.05, 0) is 47.9 Å². The van der Waals surface area contributed by atoms with Gasteiger partial charge in [-0.3, -0.25) is 0 Å². The van der Waals surface area contributed by atoms with Crippen LogP contribution in [-0.2, 0) is 11.8 Å². The van der Waals surface area contributed by atoms with Gasteiger partial charge in [0.2, 0.25) is 0 Å². The van der Waals surface area contributed by atoms with E-state index in [1.165, 1.54) is 23.1 Å². The zero-order valence-corrected chi connectivity index (χ0v) is 15.0. The van der Waals surface area contributed by atoms with Crippen LogP contribution in [-0.4, -0.2) is 5.38 Å².